The quantitative estimate of drug-likeness (QED) is 0.792. The van der Waals surface area contributed by atoms with Crippen molar-refractivity contribution in [2.45, 2.75) is 32.4 Å². The van der Waals surface area contributed by atoms with Gasteiger partial charge in [-0.2, -0.15) is 0 Å². The molecule has 2 nitrogen and oxygen atoms in total. The molecule has 0 aromatic heterocycles. The van der Waals surface area contributed by atoms with Crippen molar-refractivity contribution in [2.24, 2.45) is 0 Å². The van der Waals surface area contributed by atoms with Crippen LogP contribution in [-0.2, 0) is 6.54 Å². The van der Waals surface area contributed by atoms with Crippen LogP contribution in [0.25, 0.3) is 0 Å². The van der Waals surface area contributed by atoms with Gasteiger partial charge in [0, 0.05) is 23.2 Å². The molecule has 0 spiro atoms. The molecule has 1 aromatic rings. The van der Waals surface area contributed by atoms with Crippen molar-refractivity contribution >= 4 is 11.6 Å². The highest BCUT2D eigenvalue weighted by Gasteiger charge is 2.11. The second-order valence-electron chi connectivity index (χ2n) is 4.25. The molecule has 2 rings (SSSR count). The van der Waals surface area contributed by atoms with E-state index < -0.39 is 0 Å². The zero-order chi connectivity index (χ0) is 11.5. The van der Waals surface area contributed by atoms with E-state index in [4.69, 9.17) is 11.6 Å². The lowest BCUT2D eigenvalue weighted by molar-refractivity contribution is 0.454. The van der Waals surface area contributed by atoms with Gasteiger partial charge in [-0.1, -0.05) is 23.8 Å². The Labute approximate surface area is 101 Å². The number of phenolic OH excluding ortho intramolecular Hbond substituents is 1. The predicted molar refractivity (Wildman–Crippen MR) is 66.9 cm³/mol. The van der Waals surface area contributed by atoms with E-state index in [1.165, 1.54) is 0 Å². The largest absolute Gasteiger partial charge is 0.507 e. The standard InChI is InChI=1S/C13H16ClNO/c1-9-6-11(14)7-10(13(9)16)8-15-12-4-2-3-5-12/h2-3,6-7,12,15-16H,4-5,8H2,1H3. The maximum absolute atomic E-state index is 9.88. The molecule has 0 amide bonds. The number of rotatable bonds is 3. The van der Waals surface area contributed by atoms with E-state index >= 15 is 0 Å². The number of hydrogen-bond donors (Lipinski definition) is 2. The number of nitrogens with one attached hydrogen (secondary N) is 1. The van der Waals surface area contributed by atoms with Crippen molar-refractivity contribution in [3.8, 4) is 5.75 Å². The van der Waals surface area contributed by atoms with E-state index in [0.717, 1.165) is 24.0 Å². The Morgan fingerprint density at radius 3 is 2.75 bits per heavy atom. The minimum Gasteiger partial charge on any atom is -0.507 e. The molecule has 0 unspecified atom stereocenters. The summed E-state index contributed by atoms with van der Waals surface area (Å²) in [6.45, 7) is 2.53. The van der Waals surface area contributed by atoms with Gasteiger partial charge in [0.15, 0.2) is 0 Å². The molecule has 16 heavy (non-hydrogen) atoms. The number of benzene rings is 1. The first kappa shape index (κ1) is 11.5. The molecule has 0 radical (unpaired) electrons. The number of halogens is 1. The second-order valence-corrected chi connectivity index (χ2v) is 4.69. The zero-order valence-electron chi connectivity index (χ0n) is 9.33. The first-order valence-corrected chi connectivity index (χ1v) is 5.91. The van der Waals surface area contributed by atoms with E-state index in [-0.39, 0.29) is 0 Å². The molecular formula is C13H16ClNO. The Kier molecular flexibility index (Phi) is 3.52. The minimum absolute atomic E-state index is 0.350. The number of aryl methyl sites for hydroxylation is 1. The molecule has 1 aromatic carbocycles. The van der Waals surface area contributed by atoms with Crippen LogP contribution in [0, 0.1) is 6.92 Å². The third-order valence-electron chi connectivity index (χ3n) is 2.93. The first-order chi connectivity index (χ1) is 7.66. The molecule has 0 bridgehead atoms. The molecule has 0 heterocycles. The van der Waals surface area contributed by atoms with Gasteiger partial charge in [0.25, 0.3) is 0 Å². The van der Waals surface area contributed by atoms with Crippen LogP contribution >= 0.6 is 11.6 Å². The highest BCUT2D eigenvalue weighted by Crippen LogP contribution is 2.26. The summed E-state index contributed by atoms with van der Waals surface area (Å²) in [6, 6.07) is 4.09. The third kappa shape index (κ3) is 2.57. The van der Waals surface area contributed by atoms with Gasteiger partial charge >= 0.3 is 0 Å². The molecule has 86 valence electrons. The second kappa shape index (κ2) is 4.89. The molecule has 0 atom stereocenters. The van der Waals surface area contributed by atoms with Crippen molar-refractivity contribution in [3.63, 3.8) is 0 Å². The van der Waals surface area contributed by atoms with E-state index in [2.05, 4.69) is 17.5 Å². The lowest BCUT2D eigenvalue weighted by Gasteiger charge is -2.14. The Hall–Kier alpha value is -0.990. The van der Waals surface area contributed by atoms with Crippen LogP contribution in [0.2, 0.25) is 5.02 Å². The Bertz CT molecular complexity index is 407. The van der Waals surface area contributed by atoms with Crippen LogP contribution in [0.15, 0.2) is 24.3 Å². The smallest absolute Gasteiger partial charge is 0.123 e. The van der Waals surface area contributed by atoms with E-state index in [0.29, 0.717) is 23.4 Å². The SMILES string of the molecule is Cc1cc(Cl)cc(CNC2CC=CC2)c1O. The van der Waals surface area contributed by atoms with Gasteiger partial charge < -0.3 is 10.4 Å². The van der Waals surface area contributed by atoms with Gasteiger partial charge in [-0.05, 0) is 37.5 Å². The zero-order valence-corrected chi connectivity index (χ0v) is 10.1. The van der Waals surface area contributed by atoms with Crippen LogP contribution in [-0.4, -0.2) is 11.1 Å². The van der Waals surface area contributed by atoms with Gasteiger partial charge in [-0.25, -0.2) is 0 Å². The average Bonchev–Trinajstić information content (AvgIpc) is 2.74. The molecule has 3 heteroatoms. The van der Waals surface area contributed by atoms with Gasteiger partial charge in [-0.3, -0.25) is 0 Å². The number of aromatic hydroxyl groups is 1. The van der Waals surface area contributed by atoms with Crippen LogP contribution in [0.5, 0.6) is 5.75 Å². The molecule has 0 saturated heterocycles. The van der Waals surface area contributed by atoms with Gasteiger partial charge in [0.2, 0.25) is 0 Å². The summed E-state index contributed by atoms with van der Waals surface area (Å²) < 4.78 is 0. The maximum Gasteiger partial charge on any atom is 0.123 e. The third-order valence-corrected chi connectivity index (χ3v) is 3.15. The first-order valence-electron chi connectivity index (χ1n) is 5.53. The topological polar surface area (TPSA) is 32.3 Å². The van der Waals surface area contributed by atoms with Crippen LogP contribution in [0.4, 0.5) is 0 Å². The van der Waals surface area contributed by atoms with E-state index in [1.807, 2.05) is 13.0 Å². The Morgan fingerprint density at radius 1 is 1.38 bits per heavy atom. The molecule has 2 N–H and O–H groups in total. The Morgan fingerprint density at radius 2 is 2.06 bits per heavy atom. The molecule has 0 saturated carbocycles. The van der Waals surface area contributed by atoms with Gasteiger partial charge in [0.1, 0.15) is 5.75 Å². The summed E-state index contributed by atoms with van der Waals surface area (Å²) in [5.74, 6) is 0.350. The monoisotopic (exact) mass is 237 g/mol. The van der Waals surface area contributed by atoms with E-state index in [1.54, 1.807) is 6.07 Å². The van der Waals surface area contributed by atoms with Crippen LogP contribution in [0.3, 0.4) is 0 Å². The van der Waals surface area contributed by atoms with Crippen molar-refractivity contribution in [2.75, 3.05) is 0 Å². The summed E-state index contributed by atoms with van der Waals surface area (Å²) in [6.07, 6.45) is 6.50. The summed E-state index contributed by atoms with van der Waals surface area (Å²) >= 11 is 5.97. The number of phenols is 1. The lowest BCUT2D eigenvalue weighted by atomic mass is 10.1. The summed E-state index contributed by atoms with van der Waals surface area (Å²) in [5.41, 5.74) is 1.70. The summed E-state index contributed by atoms with van der Waals surface area (Å²) in [4.78, 5) is 0. The van der Waals surface area contributed by atoms with Crippen molar-refractivity contribution in [1.82, 2.24) is 5.32 Å². The normalized spacial score (nSPS) is 15.9. The van der Waals surface area contributed by atoms with E-state index in [9.17, 15) is 5.11 Å². The fourth-order valence-electron chi connectivity index (χ4n) is 1.98. The molecule has 1 aliphatic carbocycles. The molecule has 0 fully saturated rings. The Balaban J connectivity index is 2.03. The lowest BCUT2D eigenvalue weighted by Crippen LogP contribution is -2.25. The minimum atomic E-state index is 0.350. The van der Waals surface area contributed by atoms with Crippen molar-refractivity contribution < 1.29 is 5.11 Å². The molecular weight excluding hydrogens is 222 g/mol. The average molecular weight is 238 g/mol. The fourth-order valence-corrected chi connectivity index (χ4v) is 2.27. The van der Waals surface area contributed by atoms with Gasteiger partial charge in [-0.15, -0.1) is 0 Å². The summed E-state index contributed by atoms with van der Waals surface area (Å²) in [5, 5.41) is 14.0. The highest BCUT2D eigenvalue weighted by molar-refractivity contribution is 6.30. The fraction of sp³-hybridized carbons (Fsp3) is 0.385. The van der Waals surface area contributed by atoms with Crippen molar-refractivity contribution in [3.05, 3.63) is 40.4 Å². The molecule has 1 aliphatic rings. The maximum atomic E-state index is 9.88. The highest BCUT2D eigenvalue weighted by atomic mass is 35.5. The van der Waals surface area contributed by atoms with Crippen LogP contribution < -0.4 is 5.32 Å². The van der Waals surface area contributed by atoms with Crippen LogP contribution in [0.1, 0.15) is 24.0 Å². The number of hydrogen-bond acceptors (Lipinski definition) is 2. The summed E-state index contributed by atoms with van der Waals surface area (Å²) in [7, 11) is 0. The predicted octanol–water partition coefficient (Wildman–Crippen LogP) is 3.16. The van der Waals surface area contributed by atoms with Crippen molar-refractivity contribution in [1.29, 1.82) is 0 Å². The molecule has 0 aliphatic heterocycles. The van der Waals surface area contributed by atoms with Gasteiger partial charge in [0.05, 0.1) is 0 Å².